The molecule has 1 aromatic heterocycles. The molecule has 0 aliphatic rings. The Hall–Kier alpha value is -1.41. The van der Waals surface area contributed by atoms with E-state index in [-0.39, 0.29) is 23.8 Å². The zero-order chi connectivity index (χ0) is 15.5. The van der Waals surface area contributed by atoms with Crippen LogP contribution in [0.25, 0.3) is 0 Å². The summed E-state index contributed by atoms with van der Waals surface area (Å²) in [6.45, 7) is 4.21. The van der Waals surface area contributed by atoms with Crippen molar-refractivity contribution < 1.29 is 8.42 Å². The van der Waals surface area contributed by atoms with Crippen molar-refractivity contribution in [3.05, 3.63) is 48.3 Å². The van der Waals surface area contributed by atoms with Crippen molar-refractivity contribution in [1.29, 1.82) is 0 Å². The highest BCUT2D eigenvalue weighted by molar-refractivity contribution is 7.89. The molecule has 1 aromatic carbocycles. The highest BCUT2D eigenvalue weighted by atomic mass is 35.5. The number of sulfonamides is 1. The molecular weight excluding hydrogens is 324 g/mol. The van der Waals surface area contributed by atoms with Crippen LogP contribution in [0.2, 0.25) is 0 Å². The molecule has 0 atom stereocenters. The normalized spacial score (nSPS) is 12.0. The smallest absolute Gasteiger partial charge is 0.243 e. The maximum Gasteiger partial charge on any atom is 0.243 e. The minimum absolute atomic E-state index is 0. The van der Waals surface area contributed by atoms with E-state index >= 15 is 0 Å². The number of aromatic nitrogens is 2. The summed E-state index contributed by atoms with van der Waals surface area (Å²) in [4.78, 5) is 0.141. The zero-order valence-electron chi connectivity index (χ0n) is 12.6. The first-order valence-corrected chi connectivity index (χ1v) is 8.09. The molecule has 1 heterocycles. The third kappa shape index (κ3) is 5.42. The van der Waals surface area contributed by atoms with Gasteiger partial charge in [0.25, 0.3) is 0 Å². The van der Waals surface area contributed by atoms with Gasteiger partial charge in [-0.3, -0.25) is 4.68 Å². The molecule has 0 aliphatic carbocycles. The van der Waals surface area contributed by atoms with E-state index in [0.717, 1.165) is 5.56 Å². The van der Waals surface area contributed by atoms with Gasteiger partial charge >= 0.3 is 0 Å². The van der Waals surface area contributed by atoms with Crippen LogP contribution in [0.3, 0.4) is 0 Å². The van der Waals surface area contributed by atoms with Crippen LogP contribution < -0.4 is 10.5 Å². The molecule has 0 aliphatic heterocycles. The molecule has 3 N–H and O–H groups in total. The van der Waals surface area contributed by atoms with Gasteiger partial charge < -0.3 is 5.73 Å². The van der Waals surface area contributed by atoms with Crippen molar-refractivity contribution in [1.82, 2.24) is 14.5 Å². The Balaban J connectivity index is 0.00000242. The number of nitrogens with one attached hydrogen (secondary N) is 1. The van der Waals surface area contributed by atoms with Crippen LogP contribution in [0.1, 0.15) is 19.4 Å². The Labute approximate surface area is 137 Å². The number of halogens is 1. The lowest BCUT2D eigenvalue weighted by molar-refractivity contribution is 0.498. The molecule has 0 radical (unpaired) electrons. The van der Waals surface area contributed by atoms with E-state index in [2.05, 4.69) is 9.82 Å². The standard InChI is InChI=1S/C14H20N4O2S.ClH/c1-14(2,15)11-17-21(19,20)13-8-16-18(10-13)9-12-6-4-3-5-7-12;/h3-8,10,17H,9,11,15H2,1-2H3;1H. The van der Waals surface area contributed by atoms with Crippen molar-refractivity contribution in [2.75, 3.05) is 6.54 Å². The first-order chi connectivity index (χ1) is 9.76. The second-order valence-electron chi connectivity index (χ2n) is 5.67. The van der Waals surface area contributed by atoms with Crippen molar-refractivity contribution >= 4 is 22.4 Å². The van der Waals surface area contributed by atoms with E-state index in [0.29, 0.717) is 6.54 Å². The highest BCUT2D eigenvalue weighted by Gasteiger charge is 2.20. The molecule has 8 heteroatoms. The van der Waals surface area contributed by atoms with Crippen molar-refractivity contribution in [2.24, 2.45) is 5.73 Å². The molecule has 122 valence electrons. The molecule has 6 nitrogen and oxygen atoms in total. The van der Waals surface area contributed by atoms with Crippen LogP contribution in [0.4, 0.5) is 0 Å². The molecular formula is C14H21ClN4O2S. The van der Waals surface area contributed by atoms with Gasteiger partial charge in [-0.2, -0.15) is 5.10 Å². The molecule has 0 saturated carbocycles. The molecule has 22 heavy (non-hydrogen) atoms. The number of nitrogens with two attached hydrogens (primary N) is 1. The molecule has 0 bridgehead atoms. The first kappa shape index (κ1) is 18.6. The molecule has 2 aromatic rings. The second kappa shape index (κ2) is 7.23. The predicted octanol–water partition coefficient (Wildman–Crippen LogP) is 1.37. The fraction of sp³-hybridized carbons (Fsp3) is 0.357. The Morgan fingerprint density at radius 2 is 1.91 bits per heavy atom. The van der Waals surface area contributed by atoms with Gasteiger partial charge in [0, 0.05) is 18.3 Å². The minimum atomic E-state index is -3.58. The summed E-state index contributed by atoms with van der Waals surface area (Å²) in [6.07, 6.45) is 2.85. The van der Waals surface area contributed by atoms with Gasteiger partial charge in [-0.15, -0.1) is 12.4 Å². The van der Waals surface area contributed by atoms with E-state index < -0.39 is 15.6 Å². The fourth-order valence-electron chi connectivity index (χ4n) is 1.70. The molecule has 2 rings (SSSR count). The van der Waals surface area contributed by atoms with E-state index in [1.165, 1.54) is 12.4 Å². The molecule has 0 amide bonds. The average molecular weight is 345 g/mol. The summed E-state index contributed by atoms with van der Waals surface area (Å²) >= 11 is 0. The number of rotatable bonds is 6. The Morgan fingerprint density at radius 3 is 2.50 bits per heavy atom. The predicted molar refractivity (Wildman–Crippen MR) is 88.5 cm³/mol. The summed E-state index contributed by atoms with van der Waals surface area (Å²) in [5.74, 6) is 0. The van der Waals surface area contributed by atoms with Gasteiger partial charge in [-0.1, -0.05) is 30.3 Å². The van der Waals surface area contributed by atoms with Crippen molar-refractivity contribution in [2.45, 2.75) is 30.8 Å². The van der Waals surface area contributed by atoms with Crippen LogP contribution in [-0.2, 0) is 16.6 Å². The Morgan fingerprint density at radius 1 is 1.27 bits per heavy atom. The van der Waals surface area contributed by atoms with Gasteiger partial charge in [0.15, 0.2) is 0 Å². The SMILES string of the molecule is CC(C)(N)CNS(=O)(=O)c1cnn(Cc2ccccc2)c1.Cl. The number of benzene rings is 1. The summed E-state index contributed by atoms with van der Waals surface area (Å²) in [5.41, 5.74) is 6.23. The first-order valence-electron chi connectivity index (χ1n) is 6.61. The summed E-state index contributed by atoms with van der Waals surface area (Å²) < 4.78 is 28.3. The third-order valence-electron chi connectivity index (χ3n) is 2.83. The van der Waals surface area contributed by atoms with Gasteiger partial charge in [-0.25, -0.2) is 13.1 Å². The van der Waals surface area contributed by atoms with Gasteiger partial charge in [0.2, 0.25) is 10.0 Å². The van der Waals surface area contributed by atoms with E-state index in [1.807, 2.05) is 30.3 Å². The van der Waals surface area contributed by atoms with Crippen LogP contribution in [0, 0.1) is 0 Å². The molecule has 0 saturated heterocycles. The largest absolute Gasteiger partial charge is 0.324 e. The third-order valence-corrected chi connectivity index (χ3v) is 4.18. The quantitative estimate of drug-likeness (QED) is 0.828. The minimum Gasteiger partial charge on any atom is -0.324 e. The van der Waals surface area contributed by atoms with Crippen LogP contribution >= 0.6 is 12.4 Å². The molecule has 0 spiro atoms. The lowest BCUT2D eigenvalue weighted by Gasteiger charge is -2.18. The highest BCUT2D eigenvalue weighted by Crippen LogP contribution is 2.09. The van der Waals surface area contributed by atoms with E-state index in [1.54, 1.807) is 18.5 Å². The maximum absolute atomic E-state index is 12.1. The van der Waals surface area contributed by atoms with Crippen molar-refractivity contribution in [3.63, 3.8) is 0 Å². The monoisotopic (exact) mass is 344 g/mol. The lowest BCUT2D eigenvalue weighted by Crippen LogP contribution is -2.44. The van der Waals surface area contributed by atoms with Crippen LogP contribution in [-0.4, -0.2) is 30.3 Å². The van der Waals surface area contributed by atoms with Crippen molar-refractivity contribution in [3.8, 4) is 0 Å². The second-order valence-corrected chi connectivity index (χ2v) is 7.44. The van der Waals surface area contributed by atoms with Crippen LogP contribution in [0.15, 0.2) is 47.6 Å². The molecule has 0 fully saturated rings. The van der Waals surface area contributed by atoms with E-state index in [4.69, 9.17) is 5.73 Å². The maximum atomic E-state index is 12.1. The number of hydrogen-bond donors (Lipinski definition) is 2. The van der Waals surface area contributed by atoms with Gasteiger partial charge in [0.1, 0.15) is 4.90 Å². The summed E-state index contributed by atoms with van der Waals surface area (Å²) in [6, 6.07) is 9.72. The van der Waals surface area contributed by atoms with E-state index in [9.17, 15) is 8.42 Å². The zero-order valence-corrected chi connectivity index (χ0v) is 14.2. The summed E-state index contributed by atoms with van der Waals surface area (Å²) in [7, 11) is -3.58. The lowest BCUT2D eigenvalue weighted by atomic mass is 10.1. The topological polar surface area (TPSA) is 90.0 Å². The van der Waals surface area contributed by atoms with Gasteiger partial charge in [0.05, 0.1) is 12.7 Å². The average Bonchev–Trinajstić information content (AvgIpc) is 2.86. The number of nitrogens with zero attached hydrogens (tertiary/aromatic N) is 2. The van der Waals surface area contributed by atoms with Gasteiger partial charge in [-0.05, 0) is 19.4 Å². The summed E-state index contributed by atoms with van der Waals surface area (Å²) in [5, 5.41) is 4.09. The fourth-order valence-corrected chi connectivity index (χ4v) is 2.88. The molecule has 0 unspecified atom stereocenters. The Bertz CT molecular complexity index is 693. The van der Waals surface area contributed by atoms with Crippen LogP contribution in [0.5, 0.6) is 0 Å². The number of hydrogen-bond acceptors (Lipinski definition) is 4. The Kier molecular flexibility index (Phi) is 6.13.